The molecule has 0 bridgehead atoms. The van der Waals surface area contributed by atoms with Crippen molar-refractivity contribution in [2.75, 3.05) is 17.1 Å². The molecular weight excluding hydrogens is 364 g/mol. The molecule has 3 N–H and O–H groups in total. The van der Waals surface area contributed by atoms with Gasteiger partial charge in [-0.2, -0.15) is 0 Å². The number of hydrogen-bond acceptors (Lipinski definition) is 4. The molecule has 0 fully saturated rings. The first-order valence-corrected chi connectivity index (χ1v) is 8.78. The van der Waals surface area contributed by atoms with Gasteiger partial charge in [-0.05, 0) is 32.0 Å². The van der Waals surface area contributed by atoms with Crippen LogP contribution < -0.4 is 10.5 Å². The first kappa shape index (κ1) is 17.4. The Bertz CT molecular complexity index is 588. The predicted octanol–water partition coefficient (Wildman–Crippen LogP) is 2.25. The van der Waals surface area contributed by atoms with E-state index in [1.54, 1.807) is 18.2 Å². The first-order valence-electron chi connectivity index (χ1n) is 5.93. The Hall–Kier alpha value is -0.700. The number of thiocarbonyl (C=S) groups is 1. The van der Waals surface area contributed by atoms with Crippen molar-refractivity contribution in [1.82, 2.24) is 0 Å². The van der Waals surface area contributed by atoms with Crippen LogP contribution in [0.1, 0.15) is 19.4 Å². The molecule has 8 heteroatoms. The van der Waals surface area contributed by atoms with Crippen LogP contribution in [0, 0.1) is 0 Å². The summed E-state index contributed by atoms with van der Waals surface area (Å²) in [5.41, 5.74) is 6.42. The molecule has 112 valence electrons. The topological polar surface area (TPSA) is 81.4 Å². The molecule has 0 aliphatic carbocycles. The molecule has 0 radical (unpaired) electrons. The summed E-state index contributed by atoms with van der Waals surface area (Å²) in [5, 5.41) is 0. The molecule has 0 atom stereocenters. The molecule has 0 aliphatic heterocycles. The van der Waals surface area contributed by atoms with Gasteiger partial charge in [0.2, 0.25) is 10.0 Å². The van der Waals surface area contributed by atoms with Gasteiger partial charge in [-0.15, -0.1) is 0 Å². The van der Waals surface area contributed by atoms with E-state index in [9.17, 15) is 8.42 Å². The van der Waals surface area contributed by atoms with Gasteiger partial charge in [0.05, 0.1) is 24.2 Å². The van der Waals surface area contributed by atoms with Crippen molar-refractivity contribution < 1.29 is 13.2 Å². The Balaban J connectivity index is 2.86. The van der Waals surface area contributed by atoms with E-state index in [4.69, 9.17) is 22.7 Å². The van der Waals surface area contributed by atoms with Gasteiger partial charge in [-0.25, -0.2) is 8.42 Å². The normalized spacial score (nSPS) is 11.6. The maximum absolute atomic E-state index is 12.0. The fourth-order valence-electron chi connectivity index (χ4n) is 1.43. The zero-order valence-corrected chi connectivity index (χ0v) is 14.4. The van der Waals surface area contributed by atoms with Crippen LogP contribution in [0.25, 0.3) is 0 Å². The second kappa shape index (κ2) is 7.35. The Labute approximate surface area is 133 Å². The summed E-state index contributed by atoms with van der Waals surface area (Å²) in [5.74, 6) is -0.130. The highest BCUT2D eigenvalue weighted by Crippen LogP contribution is 2.22. The summed E-state index contributed by atoms with van der Waals surface area (Å²) in [6, 6.07) is 5.03. The minimum absolute atomic E-state index is 0.0109. The molecule has 0 aliphatic rings. The van der Waals surface area contributed by atoms with Crippen LogP contribution in [0.4, 0.5) is 5.69 Å². The van der Waals surface area contributed by atoms with E-state index in [2.05, 4.69) is 20.7 Å². The second-order valence-electron chi connectivity index (χ2n) is 4.39. The van der Waals surface area contributed by atoms with Crippen molar-refractivity contribution >= 4 is 48.8 Å². The Morgan fingerprint density at radius 3 is 2.70 bits per heavy atom. The van der Waals surface area contributed by atoms with Crippen molar-refractivity contribution in [3.05, 3.63) is 28.2 Å². The summed E-state index contributed by atoms with van der Waals surface area (Å²) in [7, 11) is -3.51. The fourth-order valence-corrected chi connectivity index (χ4v) is 2.89. The highest BCUT2D eigenvalue weighted by Gasteiger charge is 2.15. The minimum atomic E-state index is -3.51. The second-order valence-corrected chi connectivity index (χ2v) is 7.59. The highest BCUT2D eigenvalue weighted by atomic mass is 79.9. The van der Waals surface area contributed by atoms with Crippen LogP contribution in [-0.4, -0.2) is 31.9 Å². The Morgan fingerprint density at radius 2 is 2.15 bits per heavy atom. The number of benzene rings is 1. The van der Waals surface area contributed by atoms with E-state index in [1.165, 1.54) is 0 Å². The van der Waals surface area contributed by atoms with Gasteiger partial charge in [-0.1, -0.05) is 28.1 Å². The van der Waals surface area contributed by atoms with Gasteiger partial charge in [0.25, 0.3) is 0 Å². The lowest BCUT2D eigenvalue weighted by molar-refractivity contribution is 0.0913. The van der Waals surface area contributed by atoms with Crippen LogP contribution >= 0.6 is 28.1 Å². The summed E-state index contributed by atoms with van der Waals surface area (Å²) >= 11 is 8.19. The average molecular weight is 381 g/mol. The van der Waals surface area contributed by atoms with Crippen molar-refractivity contribution in [2.45, 2.75) is 20.0 Å². The van der Waals surface area contributed by atoms with Crippen LogP contribution in [0.3, 0.4) is 0 Å². The number of ether oxygens (including phenoxy) is 1. The SMILES string of the molecule is CC(C)OCCS(=O)(=O)Nc1cc(Br)ccc1C(N)=S. The van der Waals surface area contributed by atoms with E-state index < -0.39 is 10.0 Å². The standard InChI is InChI=1S/C12H17BrN2O3S2/c1-8(2)18-5-6-20(16,17)15-11-7-9(13)3-4-10(11)12(14)19/h3-4,7-8,15H,5-6H2,1-2H3,(H2,14,19). The summed E-state index contributed by atoms with van der Waals surface area (Å²) in [6.07, 6.45) is -0.0109. The van der Waals surface area contributed by atoms with E-state index in [1.807, 2.05) is 13.8 Å². The molecule has 0 saturated heterocycles. The third-order valence-electron chi connectivity index (χ3n) is 2.32. The van der Waals surface area contributed by atoms with Gasteiger partial charge in [-0.3, -0.25) is 4.72 Å². The van der Waals surface area contributed by atoms with Crippen LogP contribution in [0.15, 0.2) is 22.7 Å². The van der Waals surface area contributed by atoms with Crippen LogP contribution in [0.5, 0.6) is 0 Å². The minimum Gasteiger partial charge on any atom is -0.389 e. The van der Waals surface area contributed by atoms with Crippen molar-refractivity contribution in [3.8, 4) is 0 Å². The number of hydrogen-bond donors (Lipinski definition) is 2. The zero-order chi connectivity index (χ0) is 15.3. The van der Waals surface area contributed by atoms with E-state index in [-0.39, 0.29) is 23.5 Å². The Morgan fingerprint density at radius 1 is 1.50 bits per heavy atom. The smallest absolute Gasteiger partial charge is 0.235 e. The number of nitrogens with two attached hydrogens (primary N) is 1. The Kier molecular flexibility index (Phi) is 6.38. The van der Waals surface area contributed by atoms with Crippen molar-refractivity contribution in [3.63, 3.8) is 0 Å². The molecule has 0 saturated carbocycles. The third kappa shape index (κ3) is 5.74. The van der Waals surface area contributed by atoms with Gasteiger partial charge < -0.3 is 10.5 Å². The molecule has 20 heavy (non-hydrogen) atoms. The van der Waals surface area contributed by atoms with Gasteiger partial charge in [0.15, 0.2) is 0 Å². The molecule has 1 aromatic carbocycles. The number of sulfonamides is 1. The van der Waals surface area contributed by atoms with Crippen molar-refractivity contribution in [1.29, 1.82) is 0 Å². The summed E-state index contributed by atoms with van der Waals surface area (Å²) < 4.78 is 32.4. The van der Waals surface area contributed by atoms with E-state index in [0.29, 0.717) is 11.3 Å². The summed E-state index contributed by atoms with van der Waals surface area (Å²) in [4.78, 5) is 0.133. The molecular formula is C12H17BrN2O3S2. The summed E-state index contributed by atoms with van der Waals surface area (Å²) in [6.45, 7) is 3.82. The lowest BCUT2D eigenvalue weighted by Gasteiger charge is -2.13. The molecule has 0 amide bonds. The predicted molar refractivity (Wildman–Crippen MR) is 88.5 cm³/mol. The van der Waals surface area contributed by atoms with Crippen molar-refractivity contribution in [2.24, 2.45) is 5.73 Å². The van der Waals surface area contributed by atoms with E-state index in [0.717, 1.165) is 4.47 Å². The number of halogens is 1. The van der Waals surface area contributed by atoms with Gasteiger partial charge in [0, 0.05) is 10.0 Å². The van der Waals surface area contributed by atoms with E-state index >= 15 is 0 Å². The maximum atomic E-state index is 12.0. The largest absolute Gasteiger partial charge is 0.389 e. The molecule has 0 heterocycles. The lowest BCUT2D eigenvalue weighted by atomic mass is 10.2. The monoisotopic (exact) mass is 380 g/mol. The maximum Gasteiger partial charge on any atom is 0.235 e. The highest BCUT2D eigenvalue weighted by molar-refractivity contribution is 9.10. The molecule has 1 aromatic rings. The lowest BCUT2D eigenvalue weighted by Crippen LogP contribution is -2.23. The third-order valence-corrected chi connectivity index (χ3v) is 4.26. The number of nitrogens with one attached hydrogen (secondary N) is 1. The van der Waals surface area contributed by atoms with Crippen LogP contribution in [-0.2, 0) is 14.8 Å². The number of rotatable bonds is 7. The van der Waals surface area contributed by atoms with Gasteiger partial charge >= 0.3 is 0 Å². The quantitative estimate of drug-likeness (QED) is 0.708. The zero-order valence-electron chi connectivity index (χ0n) is 11.2. The molecule has 1 rings (SSSR count). The molecule has 5 nitrogen and oxygen atoms in total. The molecule has 0 aromatic heterocycles. The van der Waals surface area contributed by atoms with Gasteiger partial charge in [0.1, 0.15) is 4.99 Å². The molecule has 0 unspecified atom stereocenters. The fraction of sp³-hybridized carbons (Fsp3) is 0.417. The first-order chi connectivity index (χ1) is 9.21. The average Bonchev–Trinajstić information content (AvgIpc) is 2.26. The van der Waals surface area contributed by atoms with Crippen LogP contribution in [0.2, 0.25) is 0 Å². The molecule has 0 spiro atoms. The number of anilines is 1.